The van der Waals surface area contributed by atoms with E-state index in [1.807, 2.05) is 12.1 Å². The summed E-state index contributed by atoms with van der Waals surface area (Å²) in [6.45, 7) is 4.24. The van der Waals surface area contributed by atoms with Crippen LogP contribution >= 0.6 is 15.9 Å². The van der Waals surface area contributed by atoms with Crippen LogP contribution in [-0.4, -0.2) is 9.78 Å². The normalized spacial score (nSPS) is 10.8. The fraction of sp³-hybridized carbons (Fsp3) is 0.357. The van der Waals surface area contributed by atoms with Gasteiger partial charge in [0.05, 0.1) is 11.4 Å². The number of hydrogen-bond donors (Lipinski definition) is 1. The molecule has 0 amide bonds. The van der Waals surface area contributed by atoms with Gasteiger partial charge in [-0.3, -0.25) is 0 Å². The highest BCUT2D eigenvalue weighted by Crippen LogP contribution is 2.24. The van der Waals surface area contributed by atoms with Crippen LogP contribution in [0.15, 0.2) is 28.7 Å². The molecule has 18 heavy (non-hydrogen) atoms. The highest BCUT2D eigenvalue weighted by molar-refractivity contribution is 9.10. The van der Waals surface area contributed by atoms with E-state index < -0.39 is 0 Å². The monoisotopic (exact) mass is 307 g/mol. The zero-order chi connectivity index (χ0) is 13.1. The first-order chi connectivity index (χ1) is 8.61. The van der Waals surface area contributed by atoms with Crippen LogP contribution in [0.25, 0.3) is 5.69 Å². The van der Waals surface area contributed by atoms with Gasteiger partial charge in [-0.25, -0.2) is 4.68 Å². The van der Waals surface area contributed by atoms with Crippen LogP contribution in [0.3, 0.4) is 0 Å². The number of unbranched alkanes of at least 4 members (excludes halogenated alkanes) is 1. The smallest absolute Gasteiger partial charge is 0.127 e. The number of nitrogens with two attached hydrogens (primary N) is 1. The largest absolute Gasteiger partial charge is 0.384 e. The van der Waals surface area contributed by atoms with Crippen molar-refractivity contribution >= 4 is 21.7 Å². The molecule has 2 aromatic rings. The highest BCUT2D eigenvalue weighted by atomic mass is 79.9. The number of halogens is 1. The third-order valence-electron chi connectivity index (χ3n) is 2.91. The molecule has 0 fully saturated rings. The first kappa shape index (κ1) is 13.1. The lowest BCUT2D eigenvalue weighted by atomic mass is 10.2. The van der Waals surface area contributed by atoms with Crippen molar-refractivity contribution in [1.82, 2.24) is 9.78 Å². The molecule has 0 aliphatic carbocycles. The lowest BCUT2D eigenvalue weighted by molar-refractivity contribution is 0.753. The van der Waals surface area contributed by atoms with Gasteiger partial charge < -0.3 is 5.73 Å². The van der Waals surface area contributed by atoms with E-state index >= 15 is 0 Å². The number of benzene rings is 1. The number of aromatic nitrogens is 2. The number of rotatable bonds is 4. The first-order valence-electron chi connectivity index (χ1n) is 6.22. The molecule has 0 unspecified atom stereocenters. The number of aryl methyl sites for hydroxylation is 2. The zero-order valence-corrected chi connectivity index (χ0v) is 12.4. The summed E-state index contributed by atoms with van der Waals surface area (Å²) in [5.74, 6) is 0.686. The first-order valence-corrected chi connectivity index (χ1v) is 7.02. The minimum Gasteiger partial charge on any atom is -0.384 e. The summed E-state index contributed by atoms with van der Waals surface area (Å²) in [6, 6.07) is 8.13. The summed E-state index contributed by atoms with van der Waals surface area (Å²) in [5.41, 5.74) is 9.29. The second kappa shape index (κ2) is 5.57. The van der Waals surface area contributed by atoms with Gasteiger partial charge in [0.2, 0.25) is 0 Å². The predicted molar refractivity (Wildman–Crippen MR) is 79.0 cm³/mol. The summed E-state index contributed by atoms with van der Waals surface area (Å²) in [5, 5.41) is 4.57. The summed E-state index contributed by atoms with van der Waals surface area (Å²) in [6.07, 6.45) is 3.30. The van der Waals surface area contributed by atoms with Crippen LogP contribution in [0.5, 0.6) is 0 Å². The second-order valence-corrected chi connectivity index (χ2v) is 5.39. The van der Waals surface area contributed by atoms with E-state index in [1.165, 1.54) is 12.0 Å². The molecule has 0 aliphatic rings. The van der Waals surface area contributed by atoms with Gasteiger partial charge in [0.15, 0.2) is 0 Å². The van der Waals surface area contributed by atoms with Gasteiger partial charge in [0.25, 0.3) is 0 Å². The second-order valence-electron chi connectivity index (χ2n) is 4.53. The molecule has 1 heterocycles. The highest BCUT2D eigenvalue weighted by Gasteiger charge is 2.09. The summed E-state index contributed by atoms with van der Waals surface area (Å²) in [7, 11) is 0. The van der Waals surface area contributed by atoms with E-state index in [9.17, 15) is 0 Å². The molecule has 1 aromatic carbocycles. The Morgan fingerprint density at radius 3 is 2.78 bits per heavy atom. The standard InChI is InChI=1S/C14H18BrN3/c1-3-4-5-11-9-14(16)18(17-11)13-7-6-10(2)8-12(13)15/h6-9H,3-5,16H2,1-2H3. The molecule has 96 valence electrons. The molecule has 3 nitrogen and oxygen atoms in total. The zero-order valence-electron chi connectivity index (χ0n) is 10.8. The van der Waals surface area contributed by atoms with E-state index in [1.54, 1.807) is 4.68 Å². The van der Waals surface area contributed by atoms with E-state index in [4.69, 9.17) is 5.73 Å². The summed E-state index contributed by atoms with van der Waals surface area (Å²) >= 11 is 3.56. The van der Waals surface area contributed by atoms with Crippen LogP contribution in [0.2, 0.25) is 0 Å². The number of nitrogen functional groups attached to an aromatic ring is 1. The van der Waals surface area contributed by atoms with Gasteiger partial charge in [-0.15, -0.1) is 0 Å². The number of hydrogen-bond acceptors (Lipinski definition) is 2. The van der Waals surface area contributed by atoms with Crippen LogP contribution in [0.4, 0.5) is 5.82 Å². The van der Waals surface area contributed by atoms with E-state index in [0.29, 0.717) is 5.82 Å². The third kappa shape index (κ3) is 2.75. The van der Waals surface area contributed by atoms with Crippen molar-refractivity contribution in [3.05, 3.63) is 40.0 Å². The van der Waals surface area contributed by atoms with Gasteiger partial charge in [-0.05, 0) is 53.4 Å². The van der Waals surface area contributed by atoms with E-state index in [0.717, 1.165) is 28.7 Å². The van der Waals surface area contributed by atoms with Crippen LogP contribution in [0, 0.1) is 6.92 Å². The molecule has 0 atom stereocenters. The van der Waals surface area contributed by atoms with Crippen LogP contribution < -0.4 is 5.73 Å². The lowest BCUT2D eigenvalue weighted by Crippen LogP contribution is -2.03. The Hall–Kier alpha value is -1.29. The Morgan fingerprint density at radius 1 is 1.33 bits per heavy atom. The van der Waals surface area contributed by atoms with Gasteiger partial charge in [-0.1, -0.05) is 19.4 Å². The molecule has 0 radical (unpaired) electrons. The molecule has 2 N–H and O–H groups in total. The Kier molecular flexibility index (Phi) is 4.07. The average molecular weight is 308 g/mol. The molecular formula is C14H18BrN3. The van der Waals surface area contributed by atoms with Gasteiger partial charge >= 0.3 is 0 Å². The Labute approximate surface area is 116 Å². The lowest BCUT2D eigenvalue weighted by Gasteiger charge is -2.07. The fourth-order valence-corrected chi connectivity index (χ4v) is 2.56. The molecular weight excluding hydrogens is 290 g/mol. The molecule has 0 aliphatic heterocycles. The third-order valence-corrected chi connectivity index (χ3v) is 3.54. The molecule has 0 saturated carbocycles. The van der Waals surface area contributed by atoms with Crippen molar-refractivity contribution in [2.75, 3.05) is 5.73 Å². The number of nitrogens with zero attached hydrogens (tertiary/aromatic N) is 2. The van der Waals surface area contributed by atoms with Crippen molar-refractivity contribution in [1.29, 1.82) is 0 Å². The molecule has 1 aromatic heterocycles. The molecule has 2 rings (SSSR count). The maximum atomic E-state index is 6.03. The summed E-state index contributed by atoms with van der Waals surface area (Å²) in [4.78, 5) is 0. The van der Waals surface area contributed by atoms with E-state index in [-0.39, 0.29) is 0 Å². The molecule has 0 spiro atoms. The minimum atomic E-state index is 0.686. The summed E-state index contributed by atoms with van der Waals surface area (Å²) < 4.78 is 2.81. The van der Waals surface area contributed by atoms with Crippen molar-refractivity contribution in [3.8, 4) is 5.69 Å². The van der Waals surface area contributed by atoms with Crippen molar-refractivity contribution in [2.24, 2.45) is 0 Å². The average Bonchev–Trinajstić information content (AvgIpc) is 2.68. The van der Waals surface area contributed by atoms with Gasteiger partial charge in [-0.2, -0.15) is 5.10 Å². The molecule has 0 bridgehead atoms. The van der Waals surface area contributed by atoms with Crippen LogP contribution in [-0.2, 0) is 6.42 Å². The molecule has 4 heteroatoms. The van der Waals surface area contributed by atoms with Gasteiger partial charge in [0, 0.05) is 10.5 Å². The topological polar surface area (TPSA) is 43.8 Å². The molecule has 0 saturated heterocycles. The predicted octanol–water partition coefficient (Wildman–Crippen LogP) is 3.87. The van der Waals surface area contributed by atoms with E-state index in [2.05, 4.69) is 47.0 Å². The Morgan fingerprint density at radius 2 is 2.11 bits per heavy atom. The Balaban J connectivity index is 2.35. The number of anilines is 1. The fourth-order valence-electron chi connectivity index (χ4n) is 1.90. The van der Waals surface area contributed by atoms with Crippen molar-refractivity contribution in [2.45, 2.75) is 33.1 Å². The van der Waals surface area contributed by atoms with Crippen molar-refractivity contribution in [3.63, 3.8) is 0 Å². The van der Waals surface area contributed by atoms with Crippen LogP contribution in [0.1, 0.15) is 31.0 Å². The minimum absolute atomic E-state index is 0.686. The maximum absolute atomic E-state index is 6.03. The quantitative estimate of drug-likeness (QED) is 0.932. The Bertz CT molecular complexity index is 546. The maximum Gasteiger partial charge on any atom is 0.127 e. The van der Waals surface area contributed by atoms with Gasteiger partial charge in [0.1, 0.15) is 5.82 Å². The SMILES string of the molecule is CCCCc1cc(N)n(-c2ccc(C)cc2Br)n1. The van der Waals surface area contributed by atoms with Crippen molar-refractivity contribution < 1.29 is 0 Å².